The Hall–Kier alpha value is -0.340. The summed E-state index contributed by atoms with van der Waals surface area (Å²) in [7, 11) is 2.95. The largest absolute Gasteiger partial charge is 0.481 e. The molecule has 0 saturated carbocycles. The minimum absolute atomic E-state index is 0.197. The van der Waals surface area contributed by atoms with Gasteiger partial charge in [0.2, 0.25) is 5.12 Å². The highest BCUT2D eigenvalue weighted by Crippen LogP contribution is 2.26. The van der Waals surface area contributed by atoms with Crippen LogP contribution in [0.2, 0.25) is 0 Å². The molecule has 8 heteroatoms. The number of carbonyl (C=O) groups excluding carboxylic acids is 1. The van der Waals surface area contributed by atoms with Crippen molar-refractivity contribution in [2.45, 2.75) is 31.4 Å². The van der Waals surface area contributed by atoms with Crippen molar-refractivity contribution in [2.24, 2.45) is 0 Å². The van der Waals surface area contributed by atoms with Gasteiger partial charge in [0.1, 0.15) is 5.25 Å². The van der Waals surface area contributed by atoms with Crippen molar-refractivity contribution in [2.75, 3.05) is 11.5 Å². The number of carboxylic acids is 2. The van der Waals surface area contributed by atoms with E-state index >= 15 is 0 Å². The van der Waals surface area contributed by atoms with E-state index in [4.69, 9.17) is 10.2 Å². The Kier molecular flexibility index (Phi) is 10.4. The lowest BCUT2D eigenvalue weighted by Crippen LogP contribution is -2.22. The first-order chi connectivity index (χ1) is 8.47. The molecule has 0 rings (SSSR count). The zero-order chi connectivity index (χ0) is 14.0. The maximum Gasteiger partial charge on any atom is 0.317 e. The molecule has 1 unspecified atom stereocenters. The Morgan fingerprint density at radius 2 is 1.83 bits per heavy atom. The van der Waals surface area contributed by atoms with E-state index in [1.165, 1.54) is 10.8 Å². The van der Waals surface area contributed by atoms with Crippen molar-refractivity contribution in [3.63, 3.8) is 0 Å². The molecule has 5 nitrogen and oxygen atoms in total. The van der Waals surface area contributed by atoms with E-state index < -0.39 is 23.6 Å². The van der Waals surface area contributed by atoms with Crippen LogP contribution in [-0.4, -0.2) is 44.0 Å². The third-order valence-electron chi connectivity index (χ3n) is 1.75. The standard InChI is InChI=1S/C10H16O5S3/c1-2-3-4-16-17-6-9(13)18-7(10(14)15)5-8(11)12/h7H,2-6H2,1H3,(H,11,12)(H,14,15). The number of thioether (sulfide) groups is 1. The van der Waals surface area contributed by atoms with Gasteiger partial charge in [-0.15, -0.1) is 0 Å². The average molecular weight is 312 g/mol. The first kappa shape index (κ1) is 17.7. The minimum Gasteiger partial charge on any atom is -0.481 e. The zero-order valence-corrected chi connectivity index (χ0v) is 12.4. The highest BCUT2D eigenvalue weighted by Gasteiger charge is 2.24. The van der Waals surface area contributed by atoms with Crippen LogP contribution >= 0.6 is 33.3 Å². The summed E-state index contributed by atoms with van der Waals surface area (Å²) < 4.78 is 0. The van der Waals surface area contributed by atoms with Gasteiger partial charge < -0.3 is 10.2 Å². The molecule has 18 heavy (non-hydrogen) atoms. The van der Waals surface area contributed by atoms with Crippen LogP contribution in [0.3, 0.4) is 0 Å². The summed E-state index contributed by atoms with van der Waals surface area (Å²) in [5, 5.41) is 15.8. The fourth-order valence-electron chi connectivity index (χ4n) is 0.883. The SMILES string of the molecule is CCCCSSCC(=O)SC(CC(=O)O)C(=O)O. The normalized spacial score (nSPS) is 12.1. The van der Waals surface area contributed by atoms with Gasteiger partial charge in [-0.1, -0.05) is 46.7 Å². The third kappa shape index (κ3) is 9.67. The van der Waals surface area contributed by atoms with Crippen LogP contribution in [0.1, 0.15) is 26.2 Å². The summed E-state index contributed by atoms with van der Waals surface area (Å²) in [6.45, 7) is 2.08. The molecule has 0 bridgehead atoms. The van der Waals surface area contributed by atoms with Crippen LogP contribution in [-0.2, 0) is 14.4 Å². The lowest BCUT2D eigenvalue weighted by Gasteiger charge is -2.07. The molecule has 0 spiro atoms. The van der Waals surface area contributed by atoms with Gasteiger partial charge in [-0.25, -0.2) is 0 Å². The van der Waals surface area contributed by atoms with Gasteiger partial charge in [0.25, 0.3) is 0 Å². The molecular weight excluding hydrogens is 296 g/mol. The zero-order valence-electron chi connectivity index (χ0n) is 9.96. The second-order valence-electron chi connectivity index (χ2n) is 3.35. The molecule has 104 valence electrons. The number of unbranched alkanes of at least 4 members (excludes halogenated alkanes) is 1. The number of hydrogen-bond donors (Lipinski definition) is 2. The number of hydrogen-bond acceptors (Lipinski definition) is 6. The van der Waals surface area contributed by atoms with Gasteiger partial charge >= 0.3 is 11.9 Å². The number of aliphatic carboxylic acids is 2. The lowest BCUT2D eigenvalue weighted by molar-refractivity contribution is -0.143. The molecule has 0 amide bonds. The number of carboxylic acid groups (broad SMARTS) is 2. The molecule has 0 aromatic carbocycles. The summed E-state index contributed by atoms with van der Waals surface area (Å²) in [6.07, 6.45) is 1.63. The predicted molar refractivity (Wildman–Crippen MR) is 76.1 cm³/mol. The van der Waals surface area contributed by atoms with Crippen LogP contribution in [0, 0.1) is 0 Å². The highest BCUT2D eigenvalue weighted by atomic mass is 33.1. The van der Waals surface area contributed by atoms with Gasteiger partial charge in [-0.3, -0.25) is 14.4 Å². The molecule has 0 aliphatic carbocycles. The average Bonchev–Trinajstić information content (AvgIpc) is 2.27. The van der Waals surface area contributed by atoms with Gasteiger partial charge in [0, 0.05) is 5.75 Å². The summed E-state index contributed by atoms with van der Waals surface area (Å²) in [6, 6.07) is 0. The van der Waals surface area contributed by atoms with Gasteiger partial charge in [0.15, 0.2) is 0 Å². The van der Waals surface area contributed by atoms with Crippen LogP contribution in [0.5, 0.6) is 0 Å². The Bertz CT molecular complexity index is 295. The maximum atomic E-state index is 11.4. The molecule has 0 saturated heterocycles. The quantitative estimate of drug-likeness (QED) is 0.469. The van der Waals surface area contributed by atoms with Crippen molar-refractivity contribution in [3.8, 4) is 0 Å². The molecular formula is C10H16O5S3. The molecule has 1 atom stereocenters. The fraction of sp³-hybridized carbons (Fsp3) is 0.700. The highest BCUT2D eigenvalue weighted by molar-refractivity contribution is 8.77. The maximum absolute atomic E-state index is 11.4. The molecule has 2 N–H and O–H groups in total. The first-order valence-corrected chi connectivity index (χ1v) is 8.72. The molecule has 0 fully saturated rings. The summed E-state index contributed by atoms with van der Waals surface area (Å²) >= 11 is 0.591. The predicted octanol–water partition coefficient (Wildman–Crippen LogP) is 2.36. The van der Waals surface area contributed by atoms with E-state index in [0.29, 0.717) is 11.8 Å². The van der Waals surface area contributed by atoms with Crippen molar-refractivity contribution >= 4 is 50.4 Å². The Morgan fingerprint density at radius 1 is 1.17 bits per heavy atom. The Labute approximate surface area is 118 Å². The molecule has 0 aliphatic heterocycles. The smallest absolute Gasteiger partial charge is 0.317 e. The molecule has 0 aromatic heterocycles. The van der Waals surface area contributed by atoms with Crippen molar-refractivity contribution in [3.05, 3.63) is 0 Å². The molecule has 0 radical (unpaired) electrons. The van der Waals surface area contributed by atoms with E-state index in [9.17, 15) is 14.4 Å². The van der Waals surface area contributed by atoms with Gasteiger partial charge in [-0.2, -0.15) is 0 Å². The summed E-state index contributed by atoms with van der Waals surface area (Å²) in [5.74, 6) is -1.33. The first-order valence-electron chi connectivity index (χ1n) is 5.35. The molecule has 0 aromatic rings. The minimum atomic E-state index is -1.26. The van der Waals surface area contributed by atoms with E-state index in [1.54, 1.807) is 10.8 Å². The monoisotopic (exact) mass is 312 g/mol. The van der Waals surface area contributed by atoms with E-state index in [2.05, 4.69) is 6.92 Å². The second kappa shape index (κ2) is 10.6. The Balaban J connectivity index is 3.88. The summed E-state index contributed by atoms with van der Waals surface area (Å²) in [4.78, 5) is 32.6. The van der Waals surface area contributed by atoms with Crippen LogP contribution in [0.15, 0.2) is 0 Å². The van der Waals surface area contributed by atoms with Crippen LogP contribution in [0.25, 0.3) is 0 Å². The van der Waals surface area contributed by atoms with Crippen molar-refractivity contribution in [1.82, 2.24) is 0 Å². The third-order valence-corrected chi connectivity index (χ3v) is 5.35. The van der Waals surface area contributed by atoms with Crippen molar-refractivity contribution < 1.29 is 24.6 Å². The van der Waals surface area contributed by atoms with Gasteiger partial charge in [0.05, 0.1) is 12.2 Å². The molecule has 0 aliphatic rings. The van der Waals surface area contributed by atoms with Crippen LogP contribution in [0.4, 0.5) is 0 Å². The van der Waals surface area contributed by atoms with E-state index in [1.807, 2.05) is 0 Å². The number of rotatable bonds is 10. The topological polar surface area (TPSA) is 91.7 Å². The number of carbonyl (C=O) groups is 3. The van der Waals surface area contributed by atoms with Crippen LogP contribution < -0.4 is 0 Å². The Morgan fingerprint density at radius 3 is 2.33 bits per heavy atom. The van der Waals surface area contributed by atoms with E-state index in [0.717, 1.165) is 18.6 Å². The van der Waals surface area contributed by atoms with E-state index in [-0.39, 0.29) is 10.9 Å². The lowest BCUT2D eigenvalue weighted by atomic mass is 10.3. The van der Waals surface area contributed by atoms with Gasteiger partial charge in [-0.05, 0) is 6.42 Å². The fourth-order valence-corrected chi connectivity index (χ4v) is 4.18. The second-order valence-corrected chi connectivity index (χ2v) is 7.19. The molecule has 0 heterocycles. The summed E-state index contributed by atoms with van der Waals surface area (Å²) in [5.41, 5.74) is 0. The van der Waals surface area contributed by atoms with Crippen molar-refractivity contribution in [1.29, 1.82) is 0 Å².